The van der Waals surface area contributed by atoms with Crippen LogP contribution in [0.25, 0.3) is 0 Å². The Morgan fingerprint density at radius 2 is 2.14 bits per heavy atom. The van der Waals surface area contributed by atoms with Crippen molar-refractivity contribution in [1.82, 2.24) is 0 Å². The van der Waals surface area contributed by atoms with E-state index in [1.54, 1.807) is 0 Å². The van der Waals surface area contributed by atoms with Crippen molar-refractivity contribution in [1.29, 1.82) is 0 Å². The second-order valence-corrected chi connectivity index (χ2v) is 6.93. The van der Waals surface area contributed by atoms with Crippen LogP contribution in [0.3, 0.4) is 0 Å². The van der Waals surface area contributed by atoms with Gasteiger partial charge in [0.15, 0.2) is 5.84 Å². The number of hydrogen-bond donors (Lipinski definition) is 2. The van der Waals surface area contributed by atoms with Gasteiger partial charge in [-0.25, -0.2) is 0 Å². The van der Waals surface area contributed by atoms with E-state index >= 15 is 0 Å². The second-order valence-electron chi connectivity index (χ2n) is 6.07. The van der Waals surface area contributed by atoms with Crippen LogP contribution >= 0.6 is 15.9 Å². The smallest absolute Gasteiger partial charge is 0.171 e. The molecule has 1 fully saturated rings. The fourth-order valence-electron chi connectivity index (χ4n) is 3.01. The predicted octanol–water partition coefficient (Wildman–Crippen LogP) is 3.81. The molecule has 0 saturated carbocycles. The molecule has 4 nitrogen and oxygen atoms in total. The maximum atomic E-state index is 8.78. The average molecular weight is 354 g/mol. The molecule has 1 aliphatic heterocycles. The fourth-order valence-corrected chi connectivity index (χ4v) is 3.58. The summed E-state index contributed by atoms with van der Waals surface area (Å²) in [5, 5.41) is 11.8. The Morgan fingerprint density at radius 3 is 2.76 bits per heavy atom. The number of oxime groups is 1. The zero-order chi connectivity index (χ0) is 15.4. The molecule has 0 spiro atoms. The summed E-state index contributed by atoms with van der Waals surface area (Å²) in [5.74, 6) is 1.72. The van der Waals surface area contributed by atoms with Crippen molar-refractivity contribution in [2.45, 2.75) is 33.1 Å². The summed E-state index contributed by atoms with van der Waals surface area (Å²) in [5.41, 5.74) is 7.57. The summed E-state index contributed by atoms with van der Waals surface area (Å²) >= 11 is 3.51. The van der Waals surface area contributed by atoms with E-state index in [-0.39, 0.29) is 5.84 Å². The molecule has 0 amide bonds. The first-order valence-electron chi connectivity index (χ1n) is 7.55. The molecular formula is C16H24BrN3O. The van der Waals surface area contributed by atoms with Gasteiger partial charge in [-0.2, -0.15) is 0 Å². The highest BCUT2D eigenvalue weighted by Crippen LogP contribution is 2.29. The molecule has 1 saturated heterocycles. The van der Waals surface area contributed by atoms with Crippen LogP contribution in [-0.4, -0.2) is 24.1 Å². The van der Waals surface area contributed by atoms with Crippen LogP contribution in [0.2, 0.25) is 0 Å². The van der Waals surface area contributed by atoms with Crippen molar-refractivity contribution in [3.05, 3.63) is 28.2 Å². The number of rotatable bonds is 3. The quantitative estimate of drug-likeness (QED) is 0.376. The van der Waals surface area contributed by atoms with Gasteiger partial charge in [-0.15, -0.1) is 0 Å². The molecule has 1 heterocycles. The van der Waals surface area contributed by atoms with Crippen LogP contribution in [0.4, 0.5) is 5.69 Å². The Morgan fingerprint density at radius 1 is 1.38 bits per heavy atom. The van der Waals surface area contributed by atoms with E-state index in [2.05, 4.69) is 45.9 Å². The Hall–Kier alpha value is -1.23. The zero-order valence-electron chi connectivity index (χ0n) is 12.7. The van der Waals surface area contributed by atoms with E-state index in [4.69, 9.17) is 10.9 Å². The second kappa shape index (κ2) is 7.16. The highest BCUT2D eigenvalue weighted by molar-refractivity contribution is 9.10. The lowest BCUT2D eigenvalue weighted by Crippen LogP contribution is -2.25. The normalized spacial score (nSPS) is 20.7. The fraction of sp³-hybridized carbons (Fsp3) is 0.562. The predicted molar refractivity (Wildman–Crippen MR) is 91.0 cm³/mol. The third-order valence-electron chi connectivity index (χ3n) is 4.42. The van der Waals surface area contributed by atoms with Crippen molar-refractivity contribution in [2.75, 3.05) is 18.0 Å². The molecular weight excluding hydrogens is 330 g/mol. The minimum Gasteiger partial charge on any atom is -0.409 e. The lowest BCUT2D eigenvalue weighted by molar-refractivity contribution is 0.318. The number of anilines is 1. The van der Waals surface area contributed by atoms with Crippen LogP contribution in [0.15, 0.2) is 27.8 Å². The van der Waals surface area contributed by atoms with Gasteiger partial charge in [0, 0.05) is 28.8 Å². The molecule has 116 valence electrons. The van der Waals surface area contributed by atoms with Gasteiger partial charge in [0.25, 0.3) is 0 Å². The number of nitrogens with zero attached hydrogens (tertiary/aromatic N) is 2. The van der Waals surface area contributed by atoms with E-state index in [1.165, 1.54) is 24.9 Å². The van der Waals surface area contributed by atoms with E-state index in [1.807, 2.05) is 12.1 Å². The summed E-state index contributed by atoms with van der Waals surface area (Å²) in [6.45, 7) is 6.84. The SMILES string of the molecule is CC(C)C1CCCN(c2ccc(/C(N)=N/O)c(Br)c2)CC1. The molecule has 0 radical (unpaired) electrons. The molecule has 1 unspecified atom stereocenters. The molecule has 1 atom stereocenters. The monoisotopic (exact) mass is 353 g/mol. The van der Waals surface area contributed by atoms with Crippen LogP contribution in [0.5, 0.6) is 0 Å². The van der Waals surface area contributed by atoms with Gasteiger partial charge in [0.2, 0.25) is 0 Å². The molecule has 1 aromatic carbocycles. The summed E-state index contributed by atoms with van der Waals surface area (Å²) in [6.07, 6.45) is 3.80. The third-order valence-corrected chi connectivity index (χ3v) is 5.07. The number of halogens is 1. The molecule has 0 bridgehead atoms. The Labute approximate surface area is 135 Å². The minimum atomic E-state index is 0.129. The number of nitrogens with two attached hydrogens (primary N) is 1. The largest absolute Gasteiger partial charge is 0.409 e. The number of benzene rings is 1. The molecule has 3 N–H and O–H groups in total. The van der Waals surface area contributed by atoms with Crippen LogP contribution in [-0.2, 0) is 0 Å². The summed E-state index contributed by atoms with van der Waals surface area (Å²) < 4.78 is 0.861. The Balaban J connectivity index is 2.13. The van der Waals surface area contributed by atoms with Crippen LogP contribution in [0.1, 0.15) is 38.7 Å². The number of hydrogen-bond acceptors (Lipinski definition) is 3. The molecule has 21 heavy (non-hydrogen) atoms. The van der Waals surface area contributed by atoms with Gasteiger partial charge in [-0.05, 0) is 65.2 Å². The standard InChI is InChI=1S/C16H24BrN3O/c1-11(2)12-4-3-8-20(9-7-12)13-5-6-14(15(17)10-13)16(18)19-21/h5-6,10-12,21H,3-4,7-9H2,1-2H3,(H2,18,19). The average Bonchev–Trinajstić information content (AvgIpc) is 2.72. The number of amidine groups is 1. The van der Waals surface area contributed by atoms with Gasteiger partial charge in [0.1, 0.15) is 0 Å². The van der Waals surface area contributed by atoms with Gasteiger partial charge in [0.05, 0.1) is 0 Å². The lowest BCUT2D eigenvalue weighted by atomic mass is 9.89. The van der Waals surface area contributed by atoms with Gasteiger partial charge in [-0.1, -0.05) is 19.0 Å². The van der Waals surface area contributed by atoms with Crippen molar-refractivity contribution in [3.63, 3.8) is 0 Å². The lowest BCUT2D eigenvalue weighted by Gasteiger charge is -2.24. The maximum Gasteiger partial charge on any atom is 0.171 e. The van der Waals surface area contributed by atoms with E-state index in [0.29, 0.717) is 0 Å². The van der Waals surface area contributed by atoms with E-state index < -0.39 is 0 Å². The summed E-state index contributed by atoms with van der Waals surface area (Å²) in [7, 11) is 0. The first kappa shape index (κ1) is 16.1. The highest BCUT2D eigenvalue weighted by Gasteiger charge is 2.20. The third kappa shape index (κ3) is 3.90. The van der Waals surface area contributed by atoms with Gasteiger partial charge in [-0.3, -0.25) is 0 Å². The van der Waals surface area contributed by atoms with E-state index in [0.717, 1.165) is 35.0 Å². The summed E-state index contributed by atoms with van der Waals surface area (Å²) in [4.78, 5) is 2.43. The van der Waals surface area contributed by atoms with Crippen molar-refractivity contribution in [2.24, 2.45) is 22.7 Å². The van der Waals surface area contributed by atoms with Gasteiger partial charge >= 0.3 is 0 Å². The van der Waals surface area contributed by atoms with Crippen LogP contribution in [0, 0.1) is 11.8 Å². The van der Waals surface area contributed by atoms with Crippen LogP contribution < -0.4 is 10.6 Å². The first-order chi connectivity index (χ1) is 10.0. The first-order valence-corrected chi connectivity index (χ1v) is 8.34. The minimum absolute atomic E-state index is 0.129. The Kier molecular flexibility index (Phi) is 5.51. The topological polar surface area (TPSA) is 61.8 Å². The zero-order valence-corrected chi connectivity index (χ0v) is 14.3. The maximum absolute atomic E-state index is 8.78. The summed E-state index contributed by atoms with van der Waals surface area (Å²) in [6, 6.07) is 6.01. The van der Waals surface area contributed by atoms with E-state index in [9.17, 15) is 0 Å². The Bertz CT molecular complexity index is 516. The highest BCUT2D eigenvalue weighted by atomic mass is 79.9. The van der Waals surface area contributed by atoms with Gasteiger partial charge < -0.3 is 15.8 Å². The van der Waals surface area contributed by atoms with Crippen molar-refractivity contribution in [3.8, 4) is 0 Å². The molecule has 2 rings (SSSR count). The molecule has 1 aromatic rings. The van der Waals surface area contributed by atoms with Crippen molar-refractivity contribution < 1.29 is 5.21 Å². The molecule has 1 aliphatic rings. The van der Waals surface area contributed by atoms with Crippen molar-refractivity contribution >= 4 is 27.5 Å². The molecule has 0 aliphatic carbocycles. The molecule has 0 aromatic heterocycles. The molecule has 5 heteroatoms.